The van der Waals surface area contributed by atoms with Crippen molar-refractivity contribution in [3.8, 4) is 0 Å². The van der Waals surface area contributed by atoms with E-state index >= 15 is 0 Å². The van der Waals surface area contributed by atoms with E-state index in [-0.39, 0.29) is 4.95 Å². The first kappa shape index (κ1) is 16.5. The lowest BCUT2D eigenvalue weighted by Gasteiger charge is -2.26. The van der Waals surface area contributed by atoms with Gasteiger partial charge >= 0.3 is 0 Å². The van der Waals surface area contributed by atoms with E-state index in [0.717, 1.165) is 17.1 Å². The quantitative estimate of drug-likeness (QED) is 0.288. The van der Waals surface area contributed by atoms with Crippen molar-refractivity contribution in [2.45, 2.75) is 11.9 Å². The topological polar surface area (TPSA) is 15.6 Å². The van der Waals surface area contributed by atoms with E-state index in [1.54, 1.807) is 0 Å². The number of hydrogen-bond donors (Lipinski definition) is 0. The number of nitrogens with zero attached hydrogens (tertiary/aromatic N) is 2. The van der Waals surface area contributed by atoms with Crippen molar-refractivity contribution in [2.24, 2.45) is 4.99 Å². The number of rotatable bonds is 5. The fourth-order valence-corrected chi connectivity index (χ4v) is 2.80. The highest BCUT2D eigenvalue weighted by atomic mass is 79.9. The van der Waals surface area contributed by atoms with Crippen LogP contribution in [-0.4, -0.2) is 11.2 Å². The number of hydrogen-bond acceptors (Lipinski definition) is 2. The molecule has 0 amide bonds. The fourth-order valence-electron chi connectivity index (χ4n) is 2.69. The van der Waals surface area contributed by atoms with Gasteiger partial charge in [0, 0.05) is 17.3 Å². The summed E-state index contributed by atoms with van der Waals surface area (Å²) in [6.07, 6.45) is 1.81. The normalized spacial score (nSPS) is 12.4. The Kier molecular flexibility index (Phi) is 5.11. The van der Waals surface area contributed by atoms with Gasteiger partial charge in [-0.3, -0.25) is 4.99 Å². The first-order chi connectivity index (χ1) is 11.7. The van der Waals surface area contributed by atoms with Crippen molar-refractivity contribution in [2.75, 3.05) is 4.90 Å². The van der Waals surface area contributed by atoms with E-state index in [0.29, 0.717) is 0 Å². The Labute approximate surface area is 151 Å². The maximum atomic E-state index is 4.43. The number of aliphatic imine (C=N–C) groups is 1. The van der Waals surface area contributed by atoms with Crippen molar-refractivity contribution in [3.63, 3.8) is 0 Å². The smallest absolute Gasteiger partial charge is 0.102 e. The predicted molar refractivity (Wildman–Crippen MR) is 109 cm³/mol. The number of benzene rings is 3. The number of fused-ring (bicyclic) bond motifs is 1. The molecule has 0 fully saturated rings. The van der Waals surface area contributed by atoms with Crippen LogP contribution in [0.3, 0.4) is 0 Å². The zero-order valence-corrected chi connectivity index (χ0v) is 15.1. The zero-order valence-electron chi connectivity index (χ0n) is 13.6. The Balaban J connectivity index is 2.15. The molecule has 0 aliphatic heterocycles. The molecule has 0 bridgehead atoms. The van der Waals surface area contributed by atoms with Crippen LogP contribution < -0.4 is 4.90 Å². The maximum absolute atomic E-state index is 4.43. The molecule has 3 aromatic rings. The minimum absolute atomic E-state index is 0.0550. The highest BCUT2D eigenvalue weighted by molar-refractivity contribution is 9.09. The zero-order chi connectivity index (χ0) is 16.9. The van der Waals surface area contributed by atoms with Crippen LogP contribution in [0.2, 0.25) is 0 Å². The summed E-state index contributed by atoms with van der Waals surface area (Å²) in [6.45, 7) is 6.22. The van der Waals surface area contributed by atoms with Crippen molar-refractivity contribution in [1.82, 2.24) is 0 Å². The first-order valence-electron chi connectivity index (χ1n) is 7.86. The van der Waals surface area contributed by atoms with E-state index in [2.05, 4.69) is 87.0 Å². The highest BCUT2D eigenvalue weighted by Crippen LogP contribution is 2.34. The molecule has 120 valence electrons. The van der Waals surface area contributed by atoms with E-state index in [4.69, 9.17) is 0 Å². The Morgan fingerprint density at radius 1 is 1.00 bits per heavy atom. The van der Waals surface area contributed by atoms with Crippen LogP contribution in [0.15, 0.2) is 90.1 Å². The number of para-hydroxylation sites is 1. The third-order valence-electron chi connectivity index (χ3n) is 3.74. The van der Waals surface area contributed by atoms with Gasteiger partial charge in [-0.15, -0.1) is 0 Å². The molecular formula is C21H19BrN2. The molecule has 0 aliphatic rings. The lowest BCUT2D eigenvalue weighted by Crippen LogP contribution is -2.17. The minimum Gasteiger partial charge on any atom is -0.309 e. The molecule has 2 nitrogen and oxygen atoms in total. The van der Waals surface area contributed by atoms with Crippen molar-refractivity contribution in [3.05, 3.63) is 85.1 Å². The molecule has 0 heterocycles. The molecule has 24 heavy (non-hydrogen) atoms. The molecule has 1 atom stereocenters. The van der Waals surface area contributed by atoms with Crippen LogP contribution in [0.4, 0.5) is 11.4 Å². The fraction of sp³-hybridized carbons (Fsp3) is 0.0952. The summed E-state index contributed by atoms with van der Waals surface area (Å²) in [7, 11) is 0. The summed E-state index contributed by atoms with van der Waals surface area (Å²) < 4.78 is 0. The maximum Gasteiger partial charge on any atom is 0.102 e. The molecule has 3 heteroatoms. The van der Waals surface area contributed by atoms with Crippen LogP contribution in [0, 0.1) is 0 Å². The Morgan fingerprint density at radius 2 is 1.67 bits per heavy atom. The van der Waals surface area contributed by atoms with Gasteiger partial charge in [0.15, 0.2) is 0 Å². The van der Waals surface area contributed by atoms with E-state index in [9.17, 15) is 0 Å². The Bertz CT molecular complexity index is 864. The van der Waals surface area contributed by atoms with Gasteiger partial charge in [-0.05, 0) is 30.5 Å². The average Bonchev–Trinajstić information content (AvgIpc) is 2.61. The molecule has 3 rings (SSSR count). The summed E-state index contributed by atoms with van der Waals surface area (Å²) in [5.74, 6) is 0. The van der Waals surface area contributed by atoms with Gasteiger partial charge in [-0.25, -0.2) is 0 Å². The lowest BCUT2D eigenvalue weighted by molar-refractivity contribution is 1.07. The molecule has 0 N–H and O–H groups in total. The molecule has 0 radical (unpaired) electrons. The van der Waals surface area contributed by atoms with Crippen LogP contribution in [-0.2, 0) is 0 Å². The first-order valence-corrected chi connectivity index (χ1v) is 8.77. The van der Waals surface area contributed by atoms with Gasteiger partial charge in [-0.2, -0.15) is 0 Å². The monoisotopic (exact) mass is 378 g/mol. The summed E-state index contributed by atoms with van der Waals surface area (Å²) in [6, 6.07) is 24.9. The van der Waals surface area contributed by atoms with Gasteiger partial charge in [0.2, 0.25) is 0 Å². The second-order valence-electron chi connectivity index (χ2n) is 5.51. The van der Waals surface area contributed by atoms with E-state index < -0.39 is 0 Å². The third-order valence-corrected chi connectivity index (χ3v) is 3.97. The Morgan fingerprint density at radius 3 is 2.42 bits per heavy atom. The van der Waals surface area contributed by atoms with Crippen LogP contribution in [0.1, 0.15) is 6.92 Å². The summed E-state index contributed by atoms with van der Waals surface area (Å²) in [4.78, 5) is 6.62. The van der Waals surface area contributed by atoms with Gasteiger partial charge in [0.1, 0.15) is 4.95 Å². The van der Waals surface area contributed by atoms with Crippen LogP contribution in [0.5, 0.6) is 0 Å². The van der Waals surface area contributed by atoms with Gasteiger partial charge < -0.3 is 4.90 Å². The molecular weight excluding hydrogens is 360 g/mol. The van der Waals surface area contributed by atoms with Gasteiger partial charge in [-0.1, -0.05) is 77.1 Å². The molecule has 0 aromatic heterocycles. The number of allylic oxidation sites excluding steroid dienone is 1. The predicted octanol–water partition coefficient (Wildman–Crippen LogP) is 6.30. The standard InChI is InChI=1S/C21H19BrN2/c1-16(15-23-17(2)22)24(19-11-4-3-5-12-19)21-14-8-10-18-9-6-7-13-20(18)21/h3-15,17H,1H2,2H3/b23-15-. The largest absolute Gasteiger partial charge is 0.309 e. The Hall–Kier alpha value is -2.39. The molecule has 1 unspecified atom stereocenters. The second-order valence-corrected chi connectivity index (χ2v) is 6.84. The number of halogens is 1. The average molecular weight is 379 g/mol. The highest BCUT2D eigenvalue weighted by Gasteiger charge is 2.14. The summed E-state index contributed by atoms with van der Waals surface area (Å²) in [5, 5.41) is 2.39. The molecule has 3 aromatic carbocycles. The lowest BCUT2D eigenvalue weighted by atomic mass is 10.1. The van der Waals surface area contributed by atoms with Crippen molar-refractivity contribution in [1.29, 1.82) is 0 Å². The van der Waals surface area contributed by atoms with Crippen LogP contribution in [0.25, 0.3) is 10.8 Å². The van der Waals surface area contributed by atoms with Crippen LogP contribution >= 0.6 is 15.9 Å². The molecule has 0 aliphatic carbocycles. The third kappa shape index (κ3) is 3.57. The SMILES string of the molecule is C=C(/C=N\C(C)Br)N(c1ccccc1)c1cccc2ccccc12. The molecule has 0 saturated carbocycles. The van der Waals surface area contributed by atoms with Gasteiger partial charge in [0.05, 0.1) is 11.4 Å². The van der Waals surface area contributed by atoms with E-state index in [1.807, 2.05) is 31.3 Å². The summed E-state index contributed by atoms with van der Waals surface area (Å²) >= 11 is 3.45. The van der Waals surface area contributed by atoms with E-state index in [1.165, 1.54) is 10.8 Å². The molecule has 0 spiro atoms. The van der Waals surface area contributed by atoms with Crippen molar-refractivity contribution < 1.29 is 0 Å². The molecule has 0 saturated heterocycles. The number of alkyl halides is 1. The summed E-state index contributed by atoms with van der Waals surface area (Å²) in [5.41, 5.74) is 2.98. The minimum atomic E-state index is 0.0550. The van der Waals surface area contributed by atoms with Gasteiger partial charge in [0.25, 0.3) is 0 Å². The number of anilines is 2. The second kappa shape index (κ2) is 7.45. The van der Waals surface area contributed by atoms with Crippen molar-refractivity contribution >= 4 is 44.3 Å².